The second kappa shape index (κ2) is 6.31. The molecule has 2 aromatic rings. The lowest BCUT2D eigenvalue weighted by Gasteiger charge is -2.43. The van der Waals surface area contributed by atoms with Crippen molar-refractivity contribution in [3.05, 3.63) is 12.5 Å². The van der Waals surface area contributed by atoms with Crippen molar-refractivity contribution in [3.8, 4) is 0 Å². The second-order valence-corrected chi connectivity index (χ2v) is 7.82. The van der Waals surface area contributed by atoms with Gasteiger partial charge in [-0.1, -0.05) is 13.8 Å². The van der Waals surface area contributed by atoms with E-state index < -0.39 is 0 Å². The highest BCUT2D eigenvalue weighted by Crippen LogP contribution is 2.29. The maximum absolute atomic E-state index is 4.55. The Morgan fingerprint density at radius 3 is 2.46 bits per heavy atom. The number of rotatable bonds is 2. The van der Waals surface area contributed by atoms with Crippen LogP contribution in [0.15, 0.2) is 12.5 Å². The number of aryl methyl sites for hydroxylation is 1. The molecule has 0 spiro atoms. The highest BCUT2D eigenvalue weighted by molar-refractivity contribution is 5.86. The Kier molecular flexibility index (Phi) is 4.16. The molecule has 0 unspecified atom stereocenters. The summed E-state index contributed by atoms with van der Waals surface area (Å²) in [7, 11) is 1.93. The van der Waals surface area contributed by atoms with Crippen LogP contribution in [0, 0.1) is 11.8 Å². The molecular weight excluding hydrogens is 300 g/mol. The second-order valence-electron chi connectivity index (χ2n) is 7.82. The van der Waals surface area contributed by atoms with Gasteiger partial charge in [0.25, 0.3) is 0 Å². The fourth-order valence-electron chi connectivity index (χ4n) is 4.65. The van der Waals surface area contributed by atoms with Crippen molar-refractivity contribution in [2.24, 2.45) is 18.9 Å². The van der Waals surface area contributed by atoms with E-state index in [4.69, 9.17) is 0 Å². The normalized spacial score (nSPS) is 27.0. The van der Waals surface area contributed by atoms with Crippen molar-refractivity contribution in [2.45, 2.75) is 39.2 Å². The molecule has 2 saturated heterocycles. The van der Waals surface area contributed by atoms with Gasteiger partial charge in [0.1, 0.15) is 12.1 Å². The number of likely N-dealkylation sites (tertiary alicyclic amines) is 1. The van der Waals surface area contributed by atoms with Gasteiger partial charge in [-0.25, -0.2) is 9.97 Å². The summed E-state index contributed by atoms with van der Waals surface area (Å²) in [6.07, 6.45) is 7.40. The maximum atomic E-state index is 4.55. The Bertz CT molecular complexity index is 693. The number of anilines is 1. The van der Waals surface area contributed by atoms with E-state index >= 15 is 0 Å². The zero-order chi connectivity index (χ0) is 16.7. The summed E-state index contributed by atoms with van der Waals surface area (Å²) in [5.41, 5.74) is 0.917. The van der Waals surface area contributed by atoms with E-state index in [-0.39, 0.29) is 0 Å². The summed E-state index contributed by atoms with van der Waals surface area (Å²) >= 11 is 0. The maximum Gasteiger partial charge on any atom is 0.163 e. The average Bonchev–Trinajstić information content (AvgIpc) is 2.96. The van der Waals surface area contributed by atoms with Crippen LogP contribution in [-0.2, 0) is 7.05 Å². The van der Waals surface area contributed by atoms with Crippen LogP contribution in [-0.4, -0.2) is 56.9 Å². The molecule has 2 aliphatic rings. The highest BCUT2D eigenvalue weighted by Gasteiger charge is 2.30. The Hall–Kier alpha value is -1.69. The van der Waals surface area contributed by atoms with E-state index in [0.29, 0.717) is 0 Å². The first-order valence-corrected chi connectivity index (χ1v) is 9.23. The van der Waals surface area contributed by atoms with Gasteiger partial charge in [-0.3, -0.25) is 9.58 Å². The lowest BCUT2D eigenvalue weighted by molar-refractivity contribution is 0.0825. The number of piperidine rings is 2. The van der Waals surface area contributed by atoms with E-state index in [1.165, 1.54) is 32.4 Å². The number of hydrogen-bond donors (Lipinski definition) is 0. The van der Waals surface area contributed by atoms with Gasteiger partial charge >= 0.3 is 0 Å². The first kappa shape index (κ1) is 15.8. The SMILES string of the molecule is C[C@@H]1C[C@@H](C)CN(C2CCN(c3ncnc4c3cnn4C)CC2)C1. The van der Waals surface area contributed by atoms with E-state index in [2.05, 4.69) is 38.7 Å². The minimum Gasteiger partial charge on any atom is -0.356 e. The molecule has 0 amide bonds. The molecule has 2 fully saturated rings. The van der Waals surface area contributed by atoms with Gasteiger partial charge in [0.05, 0.1) is 11.6 Å². The number of nitrogens with zero attached hydrogens (tertiary/aromatic N) is 6. The standard InChI is InChI=1S/C18H28N6/c1-13-8-14(2)11-24(10-13)15-4-6-23(7-5-15)18-16-9-21-22(3)17(16)19-12-20-18/h9,12-15H,4-8,10-11H2,1-3H3/t13-,14-/m1/s1. The number of hydrogen-bond acceptors (Lipinski definition) is 5. The fourth-order valence-corrected chi connectivity index (χ4v) is 4.65. The lowest BCUT2D eigenvalue weighted by atomic mass is 9.89. The summed E-state index contributed by atoms with van der Waals surface area (Å²) in [5.74, 6) is 2.72. The summed E-state index contributed by atoms with van der Waals surface area (Å²) < 4.78 is 1.82. The molecule has 2 atom stereocenters. The number of aromatic nitrogens is 4. The molecule has 2 aliphatic heterocycles. The molecule has 4 heterocycles. The molecule has 6 heteroatoms. The van der Waals surface area contributed by atoms with E-state index in [1.54, 1.807) is 6.33 Å². The van der Waals surface area contributed by atoms with Gasteiger partial charge in [-0.15, -0.1) is 0 Å². The molecule has 2 aromatic heterocycles. The third-order valence-electron chi connectivity index (χ3n) is 5.69. The summed E-state index contributed by atoms with van der Waals surface area (Å²) in [6.45, 7) is 9.50. The Morgan fingerprint density at radius 2 is 1.75 bits per heavy atom. The highest BCUT2D eigenvalue weighted by atomic mass is 15.3. The minimum atomic E-state index is 0.734. The van der Waals surface area contributed by atoms with Gasteiger partial charge in [0, 0.05) is 39.3 Å². The van der Waals surface area contributed by atoms with Gasteiger partial charge in [-0.05, 0) is 31.1 Å². The molecule has 0 N–H and O–H groups in total. The fraction of sp³-hybridized carbons (Fsp3) is 0.722. The zero-order valence-electron chi connectivity index (χ0n) is 15.0. The number of fused-ring (bicyclic) bond motifs is 1. The third kappa shape index (κ3) is 2.88. The van der Waals surface area contributed by atoms with E-state index in [1.807, 2.05) is 17.9 Å². The average molecular weight is 328 g/mol. The largest absolute Gasteiger partial charge is 0.356 e. The molecule has 0 bridgehead atoms. The first-order chi connectivity index (χ1) is 11.6. The molecule has 0 aromatic carbocycles. The third-order valence-corrected chi connectivity index (χ3v) is 5.69. The molecule has 6 nitrogen and oxygen atoms in total. The van der Waals surface area contributed by atoms with Crippen molar-refractivity contribution in [1.82, 2.24) is 24.6 Å². The Labute approximate surface area is 143 Å². The van der Waals surface area contributed by atoms with Gasteiger partial charge in [0.2, 0.25) is 0 Å². The monoisotopic (exact) mass is 328 g/mol. The molecular formula is C18H28N6. The molecule has 0 saturated carbocycles. The minimum absolute atomic E-state index is 0.734. The van der Waals surface area contributed by atoms with Crippen molar-refractivity contribution < 1.29 is 0 Å². The summed E-state index contributed by atoms with van der Waals surface area (Å²) in [4.78, 5) is 14.1. The summed E-state index contributed by atoms with van der Waals surface area (Å²) in [5, 5.41) is 5.40. The van der Waals surface area contributed by atoms with Crippen LogP contribution >= 0.6 is 0 Å². The molecule has 0 aliphatic carbocycles. The van der Waals surface area contributed by atoms with E-state index in [9.17, 15) is 0 Å². The Morgan fingerprint density at radius 1 is 1.04 bits per heavy atom. The summed E-state index contributed by atoms with van der Waals surface area (Å²) in [6, 6.07) is 0.734. The van der Waals surface area contributed by atoms with Crippen LogP contribution in [0.4, 0.5) is 5.82 Å². The van der Waals surface area contributed by atoms with Crippen molar-refractivity contribution >= 4 is 16.9 Å². The van der Waals surface area contributed by atoms with Crippen LogP contribution in [0.3, 0.4) is 0 Å². The van der Waals surface area contributed by atoms with Crippen LogP contribution in [0.5, 0.6) is 0 Å². The van der Waals surface area contributed by atoms with Crippen LogP contribution < -0.4 is 4.90 Å². The smallest absolute Gasteiger partial charge is 0.163 e. The molecule has 130 valence electrons. The molecule has 4 rings (SSSR count). The van der Waals surface area contributed by atoms with Crippen LogP contribution in [0.25, 0.3) is 11.0 Å². The van der Waals surface area contributed by atoms with E-state index in [0.717, 1.165) is 47.8 Å². The predicted octanol–water partition coefficient (Wildman–Crippen LogP) is 2.31. The van der Waals surface area contributed by atoms with Crippen molar-refractivity contribution in [1.29, 1.82) is 0 Å². The van der Waals surface area contributed by atoms with Crippen LogP contribution in [0.2, 0.25) is 0 Å². The molecule has 24 heavy (non-hydrogen) atoms. The van der Waals surface area contributed by atoms with Crippen molar-refractivity contribution in [3.63, 3.8) is 0 Å². The van der Waals surface area contributed by atoms with Gasteiger partial charge < -0.3 is 4.90 Å². The van der Waals surface area contributed by atoms with Crippen molar-refractivity contribution in [2.75, 3.05) is 31.1 Å². The quantitative estimate of drug-likeness (QED) is 0.847. The lowest BCUT2D eigenvalue weighted by Crippen LogP contribution is -2.50. The van der Waals surface area contributed by atoms with Gasteiger partial charge in [0.15, 0.2) is 5.65 Å². The molecule has 0 radical (unpaired) electrons. The topological polar surface area (TPSA) is 50.1 Å². The van der Waals surface area contributed by atoms with Gasteiger partial charge in [-0.2, -0.15) is 5.10 Å². The Balaban J connectivity index is 1.46. The predicted molar refractivity (Wildman–Crippen MR) is 96.1 cm³/mol. The zero-order valence-corrected chi connectivity index (χ0v) is 15.0. The van der Waals surface area contributed by atoms with Crippen LogP contribution in [0.1, 0.15) is 33.1 Å². The first-order valence-electron chi connectivity index (χ1n) is 9.23.